The standard InChI is InChI=1S/C21H24N4O4S/c1-3-28-21(27)25-9-8-15-16(11-22)20(30-18(15)12-25)24-19(26)10-13(2)14-6-4-5-7-17(14)29-23/h4-7,13H,3,8-10,12,23H2,1-2H3,(H,24,26). The summed E-state index contributed by atoms with van der Waals surface area (Å²) in [5.74, 6) is 5.52. The lowest BCUT2D eigenvalue weighted by Gasteiger charge is -2.25. The van der Waals surface area contributed by atoms with E-state index < -0.39 is 0 Å². The van der Waals surface area contributed by atoms with Crippen LogP contribution in [0.4, 0.5) is 9.80 Å². The quantitative estimate of drug-likeness (QED) is 0.680. The van der Waals surface area contributed by atoms with Crippen LogP contribution >= 0.6 is 11.3 Å². The van der Waals surface area contributed by atoms with E-state index in [1.807, 2.05) is 25.1 Å². The number of thiophene rings is 1. The zero-order chi connectivity index (χ0) is 21.7. The predicted molar refractivity (Wildman–Crippen MR) is 113 cm³/mol. The Labute approximate surface area is 179 Å². The van der Waals surface area contributed by atoms with E-state index in [1.54, 1.807) is 17.9 Å². The van der Waals surface area contributed by atoms with E-state index >= 15 is 0 Å². The van der Waals surface area contributed by atoms with Gasteiger partial charge in [0.2, 0.25) is 5.91 Å². The first-order valence-electron chi connectivity index (χ1n) is 9.70. The van der Waals surface area contributed by atoms with Gasteiger partial charge in [0.15, 0.2) is 0 Å². The zero-order valence-corrected chi connectivity index (χ0v) is 17.8. The Balaban J connectivity index is 1.72. The van der Waals surface area contributed by atoms with Crippen LogP contribution in [0.2, 0.25) is 0 Å². The SMILES string of the molecule is CCOC(=O)N1CCc2c(sc(NC(=O)CC(C)c3ccccc3ON)c2C#N)C1. The Kier molecular flexibility index (Phi) is 6.92. The fourth-order valence-electron chi connectivity index (χ4n) is 3.54. The summed E-state index contributed by atoms with van der Waals surface area (Å²) in [7, 11) is 0. The van der Waals surface area contributed by atoms with Crippen molar-refractivity contribution in [3.05, 3.63) is 45.8 Å². The highest BCUT2D eigenvalue weighted by molar-refractivity contribution is 7.16. The number of fused-ring (bicyclic) bond motifs is 1. The number of anilines is 1. The Morgan fingerprint density at radius 2 is 2.17 bits per heavy atom. The summed E-state index contributed by atoms with van der Waals surface area (Å²) in [6.07, 6.45) is 0.402. The molecule has 1 aliphatic rings. The average Bonchev–Trinajstić information content (AvgIpc) is 3.09. The summed E-state index contributed by atoms with van der Waals surface area (Å²) < 4.78 is 5.07. The van der Waals surface area contributed by atoms with E-state index in [1.165, 1.54) is 11.3 Å². The topological polar surface area (TPSA) is 118 Å². The zero-order valence-electron chi connectivity index (χ0n) is 16.9. The molecule has 1 atom stereocenters. The van der Waals surface area contributed by atoms with E-state index in [0.29, 0.717) is 42.4 Å². The third-order valence-electron chi connectivity index (χ3n) is 5.02. The fourth-order valence-corrected chi connectivity index (χ4v) is 4.77. The van der Waals surface area contributed by atoms with Gasteiger partial charge in [-0.2, -0.15) is 11.2 Å². The lowest BCUT2D eigenvalue weighted by molar-refractivity contribution is -0.116. The lowest BCUT2D eigenvalue weighted by Crippen LogP contribution is -2.35. The highest BCUT2D eigenvalue weighted by Gasteiger charge is 2.28. The Bertz CT molecular complexity index is 982. The molecule has 30 heavy (non-hydrogen) atoms. The monoisotopic (exact) mass is 428 g/mol. The second-order valence-corrected chi connectivity index (χ2v) is 8.10. The van der Waals surface area contributed by atoms with Crippen molar-refractivity contribution in [2.75, 3.05) is 18.5 Å². The second-order valence-electron chi connectivity index (χ2n) is 7.00. The largest absolute Gasteiger partial charge is 0.450 e. The molecule has 3 N–H and O–H groups in total. The minimum absolute atomic E-state index is 0.121. The van der Waals surface area contributed by atoms with Gasteiger partial charge in [0.05, 0.1) is 18.7 Å². The van der Waals surface area contributed by atoms with Crippen LogP contribution in [0, 0.1) is 11.3 Å². The molecule has 1 aromatic carbocycles. The molecule has 1 unspecified atom stereocenters. The smallest absolute Gasteiger partial charge is 0.410 e. The number of carbonyl (C=O) groups excluding carboxylic acids is 2. The normalized spacial score (nSPS) is 13.7. The molecule has 8 nitrogen and oxygen atoms in total. The van der Waals surface area contributed by atoms with Gasteiger partial charge in [-0.25, -0.2) is 4.79 Å². The third kappa shape index (κ3) is 4.56. The number of nitriles is 1. The molecule has 3 rings (SSSR count). The molecule has 0 aliphatic carbocycles. The molecule has 9 heteroatoms. The molecule has 1 aliphatic heterocycles. The number of rotatable bonds is 6. The van der Waals surface area contributed by atoms with Crippen LogP contribution in [0.15, 0.2) is 24.3 Å². The number of nitrogens with zero attached hydrogens (tertiary/aromatic N) is 2. The number of ether oxygens (including phenoxy) is 1. The van der Waals surface area contributed by atoms with Crippen molar-refractivity contribution >= 4 is 28.3 Å². The van der Waals surface area contributed by atoms with Crippen molar-refractivity contribution in [2.24, 2.45) is 5.90 Å². The van der Waals surface area contributed by atoms with E-state index in [0.717, 1.165) is 16.0 Å². The summed E-state index contributed by atoms with van der Waals surface area (Å²) in [4.78, 5) is 32.1. The van der Waals surface area contributed by atoms with Crippen molar-refractivity contribution in [1.29, 1.82) is 5.26 Å². The minimum Gasteiger partial charge on any atom is -0.450 e. The first kappa shape index (κ1) is 21.6. The Morgan fingerprint density at radius 3 is 2.87 bits per heavy atom. The van der Waals surface area contributed by atoms with E-state index in [-0.39, 0.29) is 24.3 Å². The molecule has 0 spiro atoms. The number of nitrogens with one attached hydrogen (secondary N) is 1. The van der Waals surface area contributed by atoms with Gasteiger partial charge in [0, 0.05) is 23.4 Å². The maximum absolute atomic E-state index is 12.7. The summed E-state index contributed by atoms with van der Waals surface area (Å²) in [5.41, 5.74) is 2.21. The summed E-state index contributed by atoms with van der Waals surface area (Å²) in [6.45, 7) is 4.85. The van der Waals surface area contributed by atoms with Gasteiger partial charge in [-0.15, -0.1) is 11.3 Å². The van der Waals surface area contributed by atoms with E-state index in [4.69, 9.17) is 15.5 Å². The Morgan fingerprint density at radius 1 is 1.40 bits per heavy atom. The number of amides is 2. The number of hydrogen-bond acceptors (Lipinski definition) is 7. The molecule has 2 aromatic rings. The van der Waals surface area contributed by atoms with Gasteiger partial charge in [0.25, 0.3) is 0 Å². The molecule has 0 saturated heterocycles. The van der Waals surface area contributed by atoms with Crippen molar-refractivity contribution in [1.82, 2.24) is 4.90 Å². The van der Waals surface area contributed by atoms with Crippen LogP contribution in [0.1, 0.15) is 47.8 Å². The Hall–Kier alpha value is -3.09. The predicted octanol–water partition coefficient (Wildman–Crippen LogP) is 3.52. The van der Waals surface area contributed by atoms with Gasteiger partial charge in [-0.1, -0.05) is 25.1 Å². The van der Waals surface area contributed by atoms with Gasteiger partial charge in [-0.3, -0.25) is 4.79 Å². The van der Waals surface area contributed by atoms with E-state index in [9.17, 15) is 14.9 Å². The lowest BCUT2D eigenvalue weighted by atomic mass is 9.96. The summed E-state index contributed by atoms with van der Waals surface area (Å²) in [5, 5.41) is 13.0. The molecule has 0 bridgehead atoms. The fraction of sp³-hybridized carbons (Fsp3) is 0.381. The van der Waals surface area contributed by atoms with Crippen LogP contribution in [-0.4, -0.2) is 30.1 Å². The molecule has 0 radical (unpaired) electrons. The van der Waals surface area contributed by atoms with Crippen molar-refractivity contribution < 1.29 is 19.2 Å². The molecule has 1 aromatic heterocycles. The highest BCUT2D eigenvalue weighted by Crippen LogP contribution is 2.37. The number of nitrogens with two attached hydrogens (primary N) is 1. The molecule has 0 saturated carbocycles. The highest BCUT2D eigenvalue weighted by atomic mass is 32.1. The van der Waals surface area contributed by atoms with Crippen LogP contribution in [0.5, 0.6) is 5.75 Å². The molecular weight excluding hydrogens is 404 g/mol. The maximum atomic E-state index is 12.7. The summed E-state index contributed by atoms with van der Waals surface area (Å²) >= 11 is 1.34. The van der Waals surface area contributed by atoms with E-state index in [2.05, 4.69) is 11.4 Å². The van der Waals surface area contributed by atoms with Gasteiger partial charge < -0.3 is 19.8 Å². The van der Waals surface area contributed by atoms with Crippen LogP contribution in [0.3, 0.4) is 0 Å². The summed E-state index contributed by atoms with van der Waals surface area (Å²) in [6, 6.07) is 9.50. The van der Waals surface area contributed by atoms with Crippen molar-refractivity contribution in [3.8, 4) is 11.8 Å². The van der Waals surface area contributed by atoms with Crippen molar-refractivity contribution in [3.63, 3.8) is 0 Å². The number of para-hydroxylation sites is 1. The molecule has 2 heterocycles. The number of hydrogen-bond donors (Lipinski definition) is 2. The van der Waals surface area contributed by atoms with Crippen LogP contribution in [0.25, 0.3) is 0 Å². The number of benzene rings is 1. The molecular formula is C21H24N4O4S. The van der Waals surface area contributed by atoms with Crippen LogP contribution < -0.4 is 16.1 Å². The second kappa shape index (κ2) is 9.61. The molecule has 0 fully saturated rings. The van der Waals surface area contributed by atoms with Crippen molar-refractivity contribution in [2.45, 2.75) is 39.2 Å². The first-order chi connectivity index (χ1) is 14.5. The first-order valence-corrected chi connectivity index (χ1v) is 10.5. The van der Waals surface area contributed by atoms with Gasteiger partial charge in [0.1, 0.15) is 16.8 Å². The third-order valence-corrected chi connectivity index (χ3v) is 6.15. The molecule has 2 amide bonds. The van der Waals surface area contributed by atoms with Gasteiger partial charge >= 0.3 is 6.09 Å². The average molecular weight is 429 g/mol. The van der Waals surface area contributed by atoms with Gasteiger partial charge in [-0.05, 0) is 30.9 Å². The number of carbonyl (C=O) groups is 2. The van der Waals surface area contributed by atoms with Crippen LogP contribution in [-0.2, 0) is 22.5 Å². The molecule has 158 valence electrons. The minimum atomic E-state index is -0.366. The maximum Gasteiger partial charge on any atom is 0.410 e.